The summed E-state index contributed by atoms with van der Waals surface area (Å²) in [6.45, 7) is -1.82. The van der Waals surface area contributed by atoms with Crippen LogP contribution in [0.3, 0.4) is 0 Å². The lowest BCUT2D eigenvalue weighted by molar-refractivity contribution is -0.139. The van der Waals surface area contributed by atoms with Crippen LogP contribution in [0.4, 0.5) is 0 Å². The molecule has 0 aliphatic carbocycles. The fourth-order valence-corrected chi connectivity index (χ4v) is 0.993. The lowest BCUT2D eigenvalue weighted by Gasteiger charge is -2.22. The van der Waals surface area contributed by atoms with Crippen LogP contribution in [-0.2, 0) is 24.2 Å². The van der Waals surface area contributed by atoms with Gasteiger partial charge in [0.15, 0.2) is 12.9 Å². The van der Waals surface area contributed by atoms with E-state index in [-0.39, 0.29) is 6.29 Å². The van der Waals surface area contributed by atoms with Crippen molar-refractivity contribution in [3.63, 3.8) is 0 Å². The number of carbonyl (C=O) groups is 2. The van der Waals surface area contributed by atoms with Crippen molar-refractivity contribution in [3.8, 4) is 0 Å². The molecule has 0 aromatic rings. The minimum Gasteiger partial charge on any atom is -0.479 e. The Labute approximate surface area is 118 Å². The molecule has 126 valence electrons. The molecule has 0 saturated heterocycles. The molecule has 4 atom stereocenters. The molecule has 4 unspecified atom stereocenters. The predicted octanol–water partition coefficient (Wildman–Crippen LogP) is -4.49. The summed E-state index contributed by atoms with van der Waals surface area (Å²) in [5.74, 6) is -1.47. The van der Waals surface area contributed by atoms with Crippen LogP contribution in [-0.4, -0.2) is 93.5 Å². The van der Waals surface area contributed by atoms with Crippen LogP contribution in [0.2, 0.25) is 0 Å². The number of carboxylic acid groups (broad SMARTS) is 1. The standard InChI is InChI=1S/C6H12O6.C2H4O6S/c7-1-3(9)5(11)6(12)4(10)2-8;3-2(4)1-8-9(5,6)7/h1,3-6,8-12H,2H2;1H2,(H,3,4)(H,5,6,7). The molecule has 0 radical (unpaired) electrons. The molecule has 13 heteroatoms. The summed E-state index contributed by atoms with van der Waals surface area (Å²) in [5.41, 5.74) is 0. The van der Waals surface area contributed by atoms with Gasteiger partial charge in [0.05, 0.1) is 6.61 Å². The molecule has 0 aliphatic rings. The third-order valence-corrected chi connectivity index (χ3v) is 2.17. The zero-order valence-corrected chi connectivity index (χ0v) is 11.2. The number of aliphatic hydroxyl groups is 5. The van der Waals surface area contributed by atoms with Crippen LogP contribution < -0.4 is 0 Å². The van der Waals surface area contributed by atoms with Gasteiger partial charge in [-0.3, -0.25) is 4.55 Å². The largest absolute Gasteiger partial charge is 0.479 e. The van der Waals surface area contributed by atoms with Crippen LogP contribution in [0.5, 0.6) is 0 Å². The Bertz CT molecular complexity index is 405. The minimum absolute atomic E-state index is 0.0258. The molecule has 7 N–H and O–H groups in total. The van der Waals surface area contributed by atoms with Gasteiger partial charge in [0.1, 0.15) is 24.4 Å². The normalized spacial score (nSPS) is 16.9. The van der Waals surface area contributed by atoms with Gasteiger partial charge in [-0.1, -0.05) is 0 Å². The smallest absolute Gasteiger partial charge is 0.397 e. The second kappa shape index (κ2) is 10.5. The van der Waals surface area contributed by atoms with E-state index in [2.05, 4.69) is 4.18 Å². The predicted molar refractivity (Wildman–Crippen MR) is 62.3 cm³/mol. The minimum atomic E-state index is -4.60. The van der Waals surface area contributed by atoms with E-state index in [4.69, 9.17) is 35.2 Å². The summed E-state index contributed by atoms with van der Waals surface area (Å²) < 4.78 is 30.4. The molecule has 12 nitrogen and oxygen atoms in total. The van der Waals surface area contributed by atoms with Crippen LogP contribution in [0.1, 0.15) is 0 Å². The van der Waals surface area contributed by atoms with Gasteiger partial charge in [0, 0.05) is 0 Å². The summed E-state index contributed by atoms with van der Waals surface area (Å²) >= 11 is 0. The summed E-state index contributed by atoms with van der Waals surface area (Å²) in [6, 6.07) is 0. The van der Waals surface area contributed by atoms with E-state index in [1.54, 1.807) is 0 Å². The fourth-order valence-electron chi connectivity index (χ4n) is 0.743. The van der Waals surface area contributed by atoms with Crippen LogP contribution >= 0.6 is 0 Å². The molecule has 0 aliphatic heterocycles. The third kappa shape index (κ3) is 12.3. The molecule has 0 saturated carbocycles. The molecule has 0 rings (SSSR count). The number of carboxylic acids is 1. The number of hydrogen-bond acceptors (Lipinski definition) is 10. The molecule has 0 aromatic carbocycles. The maximum atomic E-state index is 9.90. The Kier molecular flexibility index (Phi) is 11.1. The molecule has 0 aromatic heterocycles. The zero-order chi connectivity index (χ0) is 17.2. The van der Waals surface area contributed by atoms with Gasteiger partial charge >= 0.3 is 16.4 Å². The molecular weight excluding hydrogens is 320 g/mol. The first-order valence-electron chi connectivity index (χ1n) is 5.08. The SMILES string of the molecule is O=C(O)COS(=O)(=O)O.O=CC(O)C(O)C(O)C(O)CO. The Morgan fingerprint density at radius 2 is 1.62 bits per heavy atom. The van der Waals surface area contributed by atoms with Gasteiger partial charge in [-0.2, -0.15) is 8.42 Å². The van der Waals surface area contributed by atoms with Crippen molar-refractivity contribution in [1.82, 2.24) is 0 Å². The van der Waals surface area contributed by atoms with Gasteiger partial charge in [-0.25, -0.2) is 8.98 Å². The fraction of sp³-hybridized carbons (Fsp3) is 0.750. The van der Waals surface area contributed by atoms with Crippen molar-refractivity contribution in [3.05, 3.63) is 0 Å². The van der Waals surface area contributed by atoms with Crippen LogP contribution in [0.15, 0.2) is 0 Å². The van der Waals surface area contributed by atoms with Gasteiger partial charge in [0.2, 0.25) is 0 Å². The van der Waals surface area contributed by atoms with Gasteiger partial charge in [-0.15, -0.1) is 0 Å². The topological polar surface area (TPSA) is 219 Å². The summed E-state index contributed by atoms with van der Waals surface area (Å²) in [5, 5.41) is 51.3. The van der Waals surface area contributed by atoms with Crippen LogP contribution in [0, 0.1) is 0 Å². The van der Waals surface area contributed by atoms with Crippen molar-refractivity contribution < 1.29 is 57.4 Å². The summed E-state index contributed by atoms with van der Waals surface area (Å²) in [7, 11) is -4.60. The van der Waals surface area contributed by atoms with E-state index < -0.39 is 54.0 Å². The van der Waals surface area contributed by atoms with Crippen molar-refractivity contribution >= 4 is 22.7 Å². The van der Waals surface area contributed by atoms with Crippen molar-refractivity contribution in [1.29, 1.82) is 0 Å². The molecular formula is C8H16O12S. The maximum Gasteiger partial charge on any atom is 0.397 e. The Hall–Kier alpha value is -1.19. The first kappa shape index (κ1) is 22.1. The first-order valence-corrected chi connectivity index (χ1v) is 6.44. The summed E-state index contributed by atoms with van der Waals surface area (Å²) in [6.07, 6.45) is -6.84. The van der Waals surface area contributed by atoms with Gasteiger partial charge in [-0.05, 0) is 0 Å². The number of carbonyl (C=O) groups excluding carboxylic acids is 1. The second-order valence-electron chi connectivity index (χ2n) is 3.44. The lowest BCUT2D eigenvalue weighted by Crippen LogP contribution is -2.46. The average Bonchev–Trinajstić information content (AvgIpc) is 2.41. The molecule has 0 fully saturated rings. The lowest BCUT2D eigenvalue weighted by atomic mass is 10.0. The molecule has 21 heavy (non-hydrogen) atoms. The first-order chi connectivity index (χ1) is 9.46. The number of rotatable bonds is 8. The third-order valence-electron chi connectivity index (χ3n) is 1.75. The van der Waals surface area contributed by atoms with E-state index in [0.29, 0.717) is 0 Å². The average molecular weight is 336 g/mol. The maximum absolute atomic E-state index is 9.90. The highest BCUT2D eigenvalue weighted by molar-refractivity contribution is 7.80. The van der Waals surface area contributed by atoms with Crippen molar-refractivity contribution in [2.24, 2.45) is 0 Å². The summed E-state index contributed by atoms with van der Waals surface area (Å²) in [4.78, 5) is 19.4. The monoisotopic (exact) mass is 336 g/mol. The Balaban J connectivity index is 0. The van der Waals surface area contributed by atoms with E-state index in [1.807, 2.05) is 0 Å². The Morgan fingerprint density at radius 1 is 1.14 bits per heavy atom. The molecule has 0 amide bonds. The Morgan fingerprint density at radius 3 is 1.86 bits per heavy atom. The second-order valence-corrected chi connectivity index (χ2v) is 4.53. The molecule has 0 spiro atoms. The highest BCUT2D eigenvalue weighted by atomic mass is 32.3. The quantitative estimate of drug-likeness (QED) is 0.165. The number of aliphatic hydroxyl groups excluding tert-OH is 5. The molecule has 0 bridgehead atoms. The van der Waals surface area contributed by atoms with Crippen molar-refractivity contribution in [2.75, 3.05) is 13.2 Å². The van der Waals surface area contributed by atoms with E-state index in [1.165, 1.54) is 0 Å². The highest BCUT2D eigenvalue weighted by Gasteiger charge is 2.29. The van der Waals surface area contributed by atoms with E-state index in [9.17, 15) is 18.0 Å². The number of aldehydes is 1. The van der Waals surface area contributed by atoms with Crippen molar-refractivity contribution in [2.45, 2.75) is 24.4 Å². The van der Waals surface area contributed by atoms with Crippen LogP contribution in [0.25, 0.3) is 0 Å². The zero-order valence-electron chi connectivity index (χ0n) is 10.4. The van der Waals surface area contributed by atoms with Gasteiger partial charge < -0.3 is 35.4 Å². The van der Waals surface area contributed by atoms with E-state index >= 15 is 0 Å². The van der Waals surface area contributed by atoms with Gasteiger partial charge in [0.25, 0.3) is 0 Å². The molecule has 0 heterocycles. The number of hydrogen-bond donors (Lipinski definition) is 7. The van der Waals surface area contributed by atoms with E-state index in [0.717, 1.165) is 0 Å². The highest BCUT2D eigenvalue weighted by Crippen LogP contribution is 2.02. The number of aliphatic carboxylic acids is 1.